The first kappa shape index (κ1) is 17.4. The van der Waals surface area contributed by atoms with Crippen molar-refractivity contribution in [3.63, 3.8) is 0 Å². The van der Waals surface area contributed by atoms with E-state index in [1.165, 1.54) is 0 Å². The molecule has 1 aromatic carbocycles. The maximum atomic E-state index is 6.02. The van der Waals surface area contributed by atoms with Gasteiger partial charge in [0.05, 0.1) is 6.54 Å². The van der Waals surface area contributed by atoms with Crippen LogP contribution in [-0.2, 0) is 6.54 Å². The Bertz CT molecular complexity index is 574. The Morgan fingerprint density at radius 2 is 1.73 bits per heavy atom. The van der Waals surface area contributed by atoms with Gasteiger partial charge in [0.15, 0.2) is 0 Å². The first-order chi connectivity index (χ1) is 10.6. The summed E-state index contributed by atoms with van der Waals surface area (Å²) >= 11 is 12.0. The van der Waals surface area contributed by atoms with Gasteiger partial charge in [-0.1, -0.05) is 37.0 Å². The zero-order chi connectivity index (χ0) is 15.9. The number of nitrogens with one attached hydrogen (secondary N) is 1. The molecule has 0 aliphatic heterocycles. The number of benzene rings is 1. The summed E-state index contributed by atoms with van der Waals surface area (Å²) in [5.41, 5.74) is 0.895. The minimum Gasteiger partial charge on any atom is -0.460 e. The lowest BCUT2D eigenvalue weighted by atomic mass is 10.2. The number of hydrogen-bond acceptors (Lipinski definition) is 3. The molecule has 1 N–H and O–H groups in total. The van der Waals surface area contributed by atoms with E-state index in [1.54, 1.807) is 6.07 Å². The smallest absolute Gasteiger partial charge is 0.134 e. The molecule has 0 spiro atoms. The molecule has 5 heteroatoms. The van der Waals surface area contributed by atoms with Crippen LogP contribution in [0.5, 0.6) is 0 Å². The van der Waals surface area contributed by atoms with Crippen molar-refractivity contribution in [2.45, 2.75) is 20.4 Å². The lowest BCUT2D eigenvalue weighted by Gasteiger charge is -2.17. The second kappa shape index (κ2) is 8.59. The maximum absolute atomic E-state index is 6.02. The van der Waals surface area contributed by atoms with Crippen molar-refractivity contribution in [3.05, 3.63) is 46.1 Å². The van der Waals surface area contributed by atoms with Crippen LogP contribution in [0.25, 0.3) is 11.3 Å². The van der Waals surface area contributed by atoms with E-state index in [-0.39, 0.29) is 0 Å². The number of halogens is 2. The van der Waals surface area contributed by atoms with Gasteiger partial charge in [0.1, 0.15) is 11.5 Å². The minimum atomic E-state index is 0.609. The molecule has 0 saturated heterocycles. The van der Waals surface area contributed by atoms with Crippen LogP contribution in [0.2, 0.25) is 10.0 Å². The fraction of sp³-hybridized carbons (Fsp3) is 0.412. The number of hydrogen-bond donors (Lipinski definition) is 1. The fourth-order valence-corrected chi connectivity index (χ4v) is 2.84. The minimum absolute atomic E-state index is 0.609. The number of furan rings is 1. The van der Waals surface area contributed by atoms with E-state index >= 15 is 0 Å². The third-order valence-corrected chi connectivity index (χ3v) is 4.04. The van der Waals surface area contributed by atoms with Crippen molar-refractivity contribution in [2.24, 2.45) is 0 Å². The molecule has 2 rings (SSSR count). The Labute approximate surface area is 142 Å². The molecule has 0 saturated carbocycles. The molecule has 1 aromatic heterocycles. The summed E-state index contributed by atoms with van der Waals surface area (Å²) in [5, 5.41) is 4.62. The molecule has 0 atom stereocenters. The molecule has 0 aliphatic rings. The highest BCUT2D eigenvalue weighted by atomic mass is 35.5. The lowest BCUT2D eigenvalue weighted by molar-refractivity contribution is 0.300. The van der Waals surface area contributed by atoms with Crippen LogP contribution >= 0.6 is 23.2 Å². The summed E-state index contributed by atoms with van der Waals surface area (Å²) in [5.74, 6) is 1.69. The zero-order valence-corrected chi connectivity index (χ0v) is 14.5. The highest BCUT2D eigenvalue weighted by Crippen LogP contribution is 2.28. The van der Waals surface area contributed by atoms with E-state index in [1.807, 2.05) is 24.3 Å². The lowest BCUT2D eigenvalue weighted by Crippen LogP contribution is -2.31. The third-order valence-electron chi connectivity index (χ3n) is 3.61. The largest absolute Gasteiger partial charge is 0.460 e. The summed E-state index contributed by atoms with van der Waals surface area (Å²) < 4.78 is 5.85. The first-order valence-corrected chi connectivity index (χ1v) is 8.36. The third kappa shape index (κ3) is 5.03. The molecular weight excluding hydrogens is 319 g/mol. The number of nitrogens with zero attached hydrogens (tertiary/aromatic N) is 1. The average Bonchev–Trinajstić information content (AvgIpc) is 2.95. The van der Waals surface area contributed by atoms with Crippen LogP contribution in [0.4, 0.5) is 0 Å². The molecule has 2 aromatic rings. The van der Waals surface area contributed by atoms with Gasteiger partial charge >= 0.3 is 0 Å². The maximum Gasteiger partial charge on any atom is 0.134 e. The van der Waals surface area contributed by atoms with Crippen LogP contribution in [0.3, 0.4) is 0 Å². The quantitative estimate of drug-likeness (QED) is 0.707. The molecule has 0 unspecified atom stereocenters. The standard InChI is InChI=1S/C17H22Cl2N2O/c1-3-21(4-2)8-7-20-12-16-5-6-17(22-16)13-9-14(18)11-15(19)10-13/h5-6,9-11,20H,3-4,7-8,12H2,1-2H3. The van der Waals surface area contributed by atoms with Crippen LogP contribution in [0, 0.1) is 0 Å². The molecular formula is C17H22Cl2N2O. The van der Waals surface area contributed by atoms with Crippen molar-refractivity contribution in [2.75, 3.05) is 26.2 Å². The molecule has 0 amide bonds. The van der Waals surface area contributed by atoms with E-state index in [0.29, 0.717) is 10.0 Å². The monoisotopic (exact) mass is 340 g/mol. The summed E-state index contributed by atoms with van der Waals surface area (Å²) in [6.45, 7) is 9.23. The predicted octanol–water partition coefficient (Wildman–Crippen LogP) is 4.68. The summed E-state index contributed by atoms with van der Waals surface area (Å²) in [4.78, 5) is 2.38. The Morgan fingerprint density at radius 1 is 1.05 bits per heavy atom. The van der Waals surface area contributed by atoms with Gasteiger partial charge in [-0.2, -0.15) is 0 Å². The second-order valence-corrected chi connectivity index (χ2v) is 6.00. The molecule has 1 heterocycles. The average molecular weight is 341 g/mol. The van der Waals surface area contributed by atoms with Gasteiger partial charge in [-0.05, 0) is 43.4 Å². The van der Waals surface area contributed by atoms with Crippen molar-refractivity contribution < 1.29 is 4.42 Å². The number of rotatable bonds is 8. The van der Waals surface area contributed by atoms with Gasteiger partial charge in [-0.25, -0.2) is 0 Å². The van der Waals surface area contributed by atoms with E-state index in [0.717, 1.165) is 49.8 Å². The first-order valence-electron chi connectivity index (χ1n) is 7.60. The molecule has 0 radical (unpaired) electrons. The Morgan fingerprint density at radius 3 is 2.36 bits per heavy atom. The number of likely N-dealkylation sites (N-methyl/N-ethyl adjacent to an activating group) is 1. The molecule has 0 bridgehead atoms. The highest BCUT2D eigenvalue weighted by molar-refractivity contribution is 6.35. The highest BCUT2D eigenvalue weighted by Gasteiger charge is 2.07. The van der Waals surface area contributed by atoms with Gasteiger partial charge in [0.25, 0.3) is 0 Å². The van der Waals surface area contributed by atoms with Gasteiger partial charge in [-0.3, -0.25) is 0 Å². The van der Waals surface area contributed by atoms with E-state index in [4.69, 9.17) is 27.6 Å². The summed E-state index contributed by atoms with van der Waals surface area (Å²) in [6.07, 6.45) is 0. The van der Waals surface area contributed by atoms with Crippen molar-refractivity contribution in [3.8, 4) is 11.3 Å². The van der Waals surface area contributed by atoms with E-state index < -0.39 is 0 Å². The Kier molecular flexibility index (Phi) is 6.77. The Balaban J connectivity index is 1.89. The van der Waals surface area contributed by atoms with Gasteiger partial charge in [-0.15, -0.1) is 0 Å². The molecule has 3 nitrogen and oxygen atoms in total. The second-order valence-electron chi connectivity index (χ2n) is 5.13. The van der Waals surface area contributed by atoms with Crippen LogP contribution in [0.1, 0.15) is 19.6 Å². The normalized spacial score (nSPS) is 11.3. The summed E-state index contributed by atoms with van der Waals surface area (Å²) in [7, 11) is 0. The molecule has 0 fully saturated rings. The fourth-order valence-electron chi connectivity index (χ4n) is 2.31. The van der Waals surface area contributed by atoms with Gasteiger partial charge in [0.2, 0.25) is 0 Å². The van der Waals surface area contributed by atoms with Crippen molar-refractivity contribution in [1.82, 2.24) is 10.2 Å². The molecule has 120 valence electrons. The SMILES string of the molecule is CCN(CC)CCNCc1ccc(-c2cc(Cl)cc(Cl)c2)o1. The van der Waals surface area contributed by atoms with Gasteiger partial charge < -0.3 is 14.6 Å². The molecule has 0 aliphatic carbocycles. The van der Waals surface area contributed by atoms with Crippen molar-refractivity contribution in [1.29, 1.82) is 0 Å². The van der Waals surface area contributed by atoms with Crippen LogP contribution in [0.15, 0.2) is 34.7 Å². The topological polar surface area (TPSA) is 28.4 Å². The van der Waals surface area contributed by atoms with Crippen LogP contribution in [-0.4, -0.2) is 31.1 Å². The predicted molar refractivity (Wildman–Crippen MR) is 93.7 cm³/mol. The molecule has 22 heavy (non-hydrogen) atoms. The van der Waals surface area contributed by atoms with E-state index in [2.05, 4.69) is 24.1 Å². The zero-order valence-electron chi connectivity index (χ0n) is 13.0. The Hall–Kier alpha value is -1.00. The summed E-state index contributed by atoms with van der Waals surface area (Å²) in [6, 6.07) is 9.34. The van der Waals surface area contributed by atoms with E-state index in [9.17, 15) is 0 Å². The van der Waals surface area contributed by atoms with Crippen LogP contribution < -0.4 is 5.32 Å². The van der Waals surface area contributed by atoms with Crippen molar-refractivity contribution >= 4 is 23.2 Å². The van der Waals surface area contributed by atoms with Gasteiger partial charge in [0, 0.05) is 28.7 Å².